The minimum atomic E-state index is 0.509. The second-order valence-corrected chi connectivity index (χ2v) is 2.02. The Balaban J connectivity index is 3.86. The number of rotatable bonds is 2. The van der Waals surface area contributed by atoms with E-state index in [0.717, 1.165) is 0 Å². The topological polar surface area (TPSA) is 26.0 Å². The Kier molecular flexibility index (Phi) is 3.89. The standard InChI is InChI=1S/C7H10ClN/c1-3-7(8)5-4-6(2)9/h3-5H,2,9H2,1H3/b5-4-,7-3+. The Morgan fingerprint density at radius 1 is 1.56 bits per heavy atom. The van der Waals surface area contributed by atoms with Crippen molar-refractivity contribution in [1.82, 2.24) is 0 Å². The smallest absolute Gasteiger partial charge is 0.0364 e. The van der Waals surface area contributed by atoms with E-state index in [2.05, 4.69) is 6.58 Å². The highest BCUT2D eigenvalue weighted by Crippen LogP contribution is 2.02. The summed E-state index contributed by atoms with van der Waals surface area (Å²) in [6.45, 7) is 5.32. The van der Waals surface area contributed by atoms with Crippen LogP contribution in [0, 0.1) is 0 Å². The van der Waals surface area contributed by atoms with E-state index in [9.17, 15) is 0 Å². The summed E-state index contributed by atoms with van der Waals surface area (Å²) in [6.07, 6.45) is 5.13. The molecule has 0 saturated carbocycles. The van der Waals surface area contributed by atoms with Crippen molar-refractivity contribution in [3.8, 4) is 0 Å². The van der Waals surface area contributed by atoms with Gasteiger partial charge in [-0.1, -0.05) is 24.3 Å². The van der Waals surface area contributed by atoms with Gasteiger partial charge in [-0.15, -0.1) is 0 Å². The van der Waals surface area contributed by atoms with Gasteiger partial charge in [0.15, 0.2) is 0 Å². The molecule has 0 aliphatic heterocycles. The van der Waals surface area contributed by atoms with E-state index in [4.69, 9.17) is 17.3 Å². The zero-order valence-electron chi connectivity index (χ0n) is 5.39. The van der Waals surface area contributed by atoms with Crippen molar-refractivity contribution in [3.05, 3.63) is 35.5 Å². The van der Waals surface area contributed by atoms with Gasteiger partial charge in [-0.3, -0.25) is 0 Å². The maximum atomic E-state index is 5.59. The van der Waals surface area contributed by atoms with Gasteiger partial charge in [-0.25, -0.2) is 0 Å². The first kappa shape index (κ1) is 8.31. The third-order valence-corrected chi connectivity index (χ3v) is 1.08. The molecule has 9 heavy (non-hydrogen) atoms. The maximum absolute atomic E-state index is 5.59. The molecule has 0 heterocycles. The third kappa shape index (κ3) is 5.18. The van der Waals surface area contributed by atoms with Crippen LogP contribution in [0.2, 0.25) is 0 Å². The highest BCUT2D eigenvalue weighted by Gasteiger charge is 1.78. The van der Waals surface area contributed by atoms with Crippen molar-refractivity contribution in [1.29, 1.82) is 0 Å². The summed E-state index contributed by atoms with van der Waals surface area (Å²) in [6, 6.07) is 0. The maximum Gasteiger partial charge on any atom is 0.0364 e. The minimum Gasteiger partial charge on any atom is -0.399 e. The van der Waals surface area contributed by atoms with E-state index in [0.29, 0.717) is 10.7 Å². The lowest BCUT2D eigenvalue weighted by Gasteiger charge is -1.85. The molecular formula is C7H10ClN. The van der Waals surface area contributed by atoms with Gasteiger partial charge in [0.05, 0.1) is 0 Å². The molecule has 0 bridgehead atoms. The number of allylic oxidation sites excluding steroid dienone is 4. The number of hydrogen-bond donors (Lipinski definition) is 1. The SMILES string of the molecule is C=C(N)/C=C\C(Cl)=C/C. The van der Waals surface area contributed by atoms with Crippen molar-refractivity contribution in [2.75, 3.05) is 0 Å². The Morgan fingerprint density at radius 2 is 2.11 bits per heavy atom. The van der Waals surface area contributed by atoms with Crippen LogP contribution in [0.15, 0.2) is 35.5 Å². The van der Waals surface area contributed by atoms with E-state index >= 15 is 0 Å². The van der Waals surface area contributed by atoms with E-state index in [1.165, 1.54) is 0 Å². The monoisotopic (exact) mass is 143 g/mol. The van der Waals surface area contributed by atoms with Crippen molar-refractivity contribution < 1.29 is 0 Å². The summed E-state index contributed by atoms with van der Waals surface area (Å²) in [5, 5.41) is 0.668. The molecule has 0 rings (SSSR count). The van der Waals surface area contributed by atoms with Crippen LogP contribution in [0.3, 0.4) is 0 Å². The lowest BCUT2D eigenvalue weighted by molar-refractivity contribution is 1.45. The van der Waals surface area contributed by atoms with Crippen molar-refractivity contribution in [3.63, 3.8) is 0 Å². The average molecular weight is 144 g/mol. The molecule has 0 amide bonds. The molecule has 0 aromatic rings. The van der Waals surface area contributed by atoms with Gasteiger partial charge >= 0.3 is 0 Å². The summed E-state index contributed by atoms with van der Waals surface area (Å²) in [7, 11) is 0. The Bertz CT molecular complexity index is 156. The molecule has 0 atom stereocenters. The fraction of sp³-hybridized carbons (Fsp3) is 0.143. The molecule has 0 fully saturated rings. The predicted octanol–water partition coefficient (Wildman–Crippen LogP) is 2.16. The van der Waals surface area contributed by atoms with E-state index < -0.39 is 0 Å². The third-order valence-electron chi connectivity index (χ3n) is 0.732. The van der Waals surface area contributed by atoms with Crippen molar-refractivity contribution >= 4 is 11.6 Å². The Labute approximate surface area is 60.5 Å². The molecule has 0 aromatic heterocycles. The summed E-state index contributed by atoms with van der Waals surface area (Å²) in [5.74, 6) is 0. The molecule has 2 N–H and O–H groups in total. The molecule has 50 valence electrons. The molecule has 2 heteroatoms. The Hall–Kier alpha value is -0.690. The second-order valence-electron chi connectivity index (χ2n) is 1.58. The van der Waals surface area contributed by atoms with Crippen LogP contribution in [-0.2, 0) is 0 Å². The van der Waals surface area contributed by atoms with Gasteiger partial charge < -0.3 is 5.73 Å². The lowest BCUT2D eigenvalue weighted by Crippen LogP contribution is -1.87. The first-order chi connectivity index (χ1) is 4.16. The van der Waals surface area contributed by atoms with Crippen LogP contribution in [0.4, 0.5) is 0 Å². The predicted molar refractivity (Wildman–Crippen MR) is 42.1 cm³/mol. The molecular weight excluding hydrogens is 134 g/mol. The van der Waals surface area contributed by atoms with Crippen LogP contribution in [0.25, 0.3) is 0 Å². The highest BCUT2D eigenvalue weighted by molar-refractivity contribution is 6.31. The highest BCUT2D eigenvalue weighted by atomic mass is 35.5. The summed E-state index contributed by atoms with van der Waals surface area (Å²) >= 11 is 5.59. The molecule has 0 aliphatic rings. The molecule has 1 nitrogen and oxygen atoms in total. The fourth-order valence-corrected chi connectivity index (χ4v) is 0.346. The normalized spacial score (nSPS) is 12.4. The van der Waals surface area contributed by atoms with Crippen LogP contribution < -0.4 is 5.73 Å². The Morgan fingerprint density at radius 3 is 2.44 bits per heavy atom. The minimum absolute atomic E-state index is 0.509. The summed E-state index contributed by atoms with van der Waals surface area (Å²) < 4.78 is 0. The number of nitrogens with two attached hydrogens (primary N) is 1. The summed E-state index contributed by atoms with van der Waals surface area (Å²) in [4.78, 5) is 0. The summed E-state index contributed by atoms with van der Waals surface area (Å²) in [5.41, 5.74) is 5.74. The molecule has 0 spiro atoms. The van der Waals surface area contributed by atoms with Gasteiger partial charge in [0.2, 0.25) is 0 Å². The van der Waals surface area contributed by atoms with Crippen LogP contribution in [0.1, 0.15) is 6.92 Å². The van der Waals surface area contributed by atoms with Crippen LogP contribution in [0.5, 0.6) is 0 Å². The largest absolute Gasteiger partial charge is 0.399 e. The van der Waals surface area contributed by atoms with Gasteiger partial charge in [-0.05, 0) is 19.1 Å². The molecule has 0 radical (unpaired) electrons. The van der Waals surface area contributed by atoms with Gasteiger partial charge in [0, 0.05) is 10.7 Å². The number of hydrogen-bond acceptors (Lipinski definition) is 1. The lowest BCUT2D eigenvalue weighted by atomic mass is 10.4. The first-order valence-corrected chi connectivity index (χ1v) is 2.99. The van der Waals surface area contributed by atoms with Crippen LogP contribution >= 0.6 is 11.6 Å². The number of halogens is 1. The zero-order valence-corrected chi connectivity index (χ0v) is 6.15. The van der Waals surface area contributed by atoms with Crippen molar-refractivity contribution in [2.24, 2.45) is 5.73 Å². The van der Waals surface area contributed by atoms with Gasteiger partial charge in [-0.2, -0.15) is 0 Å². The molecule has 0 unspecified atom stereocenters. The van der Waals surface area contributed by atoms with E-state index in [1.807, 2.05) is 6.92 Å². The zero-order chi connectivity index (χ0) is 7.28. The quantitative estimate of drug-likeness (QED) is 0.589. The van der Waals surface area contributed by atoms with Gasteiger partial charge in [0.1, 0.15) is 0 Å². The fourth-order valence-electron chi connectivity index (χ4n) is 0.283. The molecule has 0 aromatic carbocycles. The second kappa shape index (κ2) is 4.21. The average Bonchev–Trinajstić information content (AvgIpc) is 1.83. The van der Waals surface area contributed by atoms with Crippen molar-refractivity contribution in [2.45, 2.75) is 6.92 Å². The van der Waals surface area contributed by atoms with Gasteiger partial charge in [0.25, 0.3) is 0 Å². The molecule has 0 saturated heterocycles. The molecule has 0 aliphatic carbocycles. The van der Waals surface area contributed by atoms with E-state index in [1.54, 1.807) is 18.2 Å². The van der Waals surface area contributed by atoms with E-state index in [-0.39, 0.29) is 0 Å². The van der Waals surface area contributed by atoms with Crippen LogP contribution in [-0.4, -0.2) is 0 Å². The first-order valence-electron chi connectivity index (χ1n) is 2.61.